The van der Waals surface area contributed by atoms with Crippen LogP contribution in [0, 0.1) is 35.5 Å². The highest BCUT2D eigenvalue weighted by Gasteiger charge is 2.59. The van der Waals surface area contributed by atoms with E-state index >= 15 is 0 Å². The van der Waals surface area contributed by atoms with Crippen LogP contribution >= 0.6 is 0 Å². The summed E-state index contributed by atoms with van der Waals surface area (Å²) >= 11 is 0. The van der Waals surface area contributed by atoms with Gasteiger partial charge in [-0.2, -0.15) is 0 Å². The summed E-state index contributed by atoms with van der Waals surface area (Å²) in [6.07, 6.45) is 6.07. The number of aromatic hydroxyl groups is 1. The molecule has 2 aliphatic heterocycles. The van der Waals surface area contributed by atoms with Crippen LogP contribution in [0.2, 0.25) is 0 Å². The summed E-state index contributed by atoms with van der Waals surface area (Å²) in [7, 11) is 0. The van der Waals surface area contributed by atoms with E-state index in [1.54, 1.807) is 32.1 Å². The minimum Gasteiger partial charge on any atom is -0.508 e. The first kappa shape index (κ1) is 35.0. The second kappa shape index (κ2) is 13.9. The minimum absolute atomic E-state index is 0.00495. The molecule has 2 saturated carbocycles. The predicted octanol–water partition coefficient (Wildman–Crippen LogP) is 4.58. The van der Waals surface area contributed by atoms with Crippen molar-refractivity contribution in [3.8, 4) is 23.3 Å². The Balaban J connectivity index is 1.34. The normalized spacial score (nSPS) is 32.7. The van der Waals surface area contributed by atoms with Crippen molar-refractivity contribution in [1.82, 2.24) is 0 Å². The van der Waals surface area contributed by atoms with Gasteiger partial charge >= 0.3 is 11.9 Å². The van der Waals surface area contributed by atoms with E-state index < -0.39 is 41.6 Å². The lowest BCUT2D eigenvalue weighted by molar-refractivity contribution is -0.199. The lowest BCUT2D eigenvalue weighted by Crippen LogP contribution is -2.62. The molecule has 2 aromatic carbocycles. The summed E-state index contributed by atoms with van der Waals surface area (Å²) < 4.78 is 11.9. The average molecular weight is 696 g/mol. The van der Waals surface area contributed by atoms with Crippen molar-refractivity contribution < 1.29 is 44.3 Å². The average Bonchev–Trinajstić information content (AvgIpc) is 3.09. The molecule has 0 saturated heterocycles. The van der Waals surface area contributed by atoms with Crippen molar-refractivity contribution in [2.45, 2.75) is 95.0 Å². The number of ether oxygens (including phenoxy) is 2. The summed E-state index contributed by atoms with van der Waals surface area (Å²) in [6, 6.07) is 8.62. The molecule has 9 atom stereocenters. The monoisotopic (exact) mass is 695 g/mol. The Morgan fingerprint density at radius 2 is 1.78 bits per heavy atom. The van der Waals surface area contributed by atoms with Crippen molar-refractivity contribution in [3.63, 3.8) is 0 Å². The van der Waals surface area contributed by atoms with Crippen LogP contribution in [0.15, 0.2) is 54.1 Å². The Morgan fingerprint density at radius 3 is 2.55 bits per heavy atom. The van der Waals surface area contributed by atoms with Crippen LogP contribution in [0.4, 0.5) is 5.69 Å². The Labute approximate surface area is 297 Å². The SMILES string of the molecule is CC=C1CC(c2cc(CO)cc(NCC(C)O)c2)C#CC2CC(=O)Oc3cc(O)c(cc32)CC(C2(O)CCC3C=CC4CC(=O)CC3C42)OC1=O. The molecule has 2 fully saturated rings. The van der Waals surface area contributed by atoms with Gasteiger partial charge in [0.1, 0.15) is 29.0 Å². The number of cyclic esters (lactones) is 1. The number of hydrogen-bond acceptors (Lipinski definition) is 10. The molecule has 0 amide bonds. The first-order chi connectivity index (χ1) is 24.4. The van der Waals surface area contributed by atoms with E-state index in [2.05, 4.69) is 23.2 Å². The van der Waals surface area contributed by atoms with Crippen molar-refractivity contribution in [1.29, 1.82) is 0 Å². The Hall–Kier alpha value is -4.43. The van der Waals surface area contributed by atoms with Gasteiger partial charge in [0.15, 0.2) is 0 Å². The van der Waals surface area contributed by atoms with E-state index in [0.717, 1.165) is 0 Å². The van der Waals surface area contributed by atoms with Crippen LogP contribution in [-0.4, -0.2) is 62.5 Å². The van der Waals surface area contributed by atoms with Crippen molar-refractivity contribution in [3.05, 3.63) is 76.4 Å². The van der Waals surface area contributed by atoms with Gasteiger partial charge in [-0.05, 0) is 85.8 Å². The zero-order valence-electron chi connectivity index (χ0n) is 28.9. The Kier molecular flexibility index (Phi) is 9.57. The molecule has 2 heterocycles. The molecular weight excluding hydrogens is 650 g/mol. The van der Waals surface area contributed by atoms with Gasteiger partial charge in [0.2, 0.25) is 0 Å². The number of nitrogens with one attached hydrogen (secondary N) is 1. The highest BCUT2D eigenvalue weighted by atomic mass is 16.6. The largest absolute Gasteiger partial charge is 0.508 e. The molecular formula is C41H45NO9. The van der Waals surface area contributed by atoms with Crippen molar-refractivity contribution in [2.75, 3.05) is 11.9 Å². The lowest BCUT2D eigenvalue weighted by atomic mass is 9.51. The molecule has 10 heteroatoms. The van der Waals surface area contributed by atoms with Gasteiger partial charge in [0.05, 0.1) is 25.0 Å². The topological polar surface area (TPSA) is 163 Å². The molecule has 6 bridgehead atoms. The van der Waals surface area contributed by atoms with Crippen LogP contribution in [-0.2, 0) is 32.1 Å². The second-order valence-electron chi connectivity index (χ2n) is 14.9. The summed E-state index contributed by atoms with van der Waals surface area (Å²) in [4.78, 5) is 39.8. The predicted molar refractivity (Wildman–Crippen MR) is 188 cm³/mol. The summed E-state index contributed by atoms with van der Waals surface area (Å²) in [6.45, 7) is 3.45. The van der Waals surface area contributed by atoms with E-state index in [1.165, 1.54) is 6.07 Å². The number of ketones is 1. The molecule has 3 aliphatic carbocycles. The maximum atomic E-state index is 14.3. The van der Waals surface area contributed by atoms with Crippen LogP contribution in [0.5, 0.6) is 11.5 Å². The third-order valence-electron chi connectivity index (χ3n) is 11.5. The van der Waals surface area contributed by atoms with Gasteiger partial charge < -0.3 is 35.2 Å². The standard InChI is InChI=1S/C41H45NO9/c1-3-24-12-26(29-10-23(21-43)11-31(13-29)42-20-22(2)44)5-6-27-17-38(47)50-36-19-35(46)30(15-33(27)36)16-37(51-40(24)48)41(49)9-8-25-4-7-28-14-32(45)18-34(25)39(28)41/h3-4,7,10-11,13,15,19,22,25-28,34,37,39,42-44,46,49H,8-9,12,14,16-18,20-21H2,1-2H3. The number of allylic oxidation sites excluding steroid dienone is 3. The Bertz CT molecular complexity index is 1870. The fourth-order valence-corrected chi connectivity index (χ4v) is 9.03. The van der Waals surface area contributed by atoms with E-state index in [-0.39, 0.29) is 73.4 Å². The van der Waals surface area contributed by atoms with Gasteiger partial charge in [0, 0.05) is 60.5 Å². The maximum Gasteiger partial charge on any atom is 0.334 e. The lowest BCUT2D eigenvalue weighted by Gasteiger charge is -2.56. The quantitative estimate of drug-likeness (QED) is 0.0951. The second-order valence-corrected chi connectivity index (χ2v) is 14.9. The zero-order chi connectivity index (χ0) is 36.0. The number of phenolic OH excluding ortho intramolecular Hbond substituents is 1. The van der Waals surface area contributed by atoms with E-state index in [4.69, 9.17) is 9.47 Å². The third kappa shape index (κ3) is 6.83. The number of anilines is 1. The molecule has 51 heavy (non-hydrogen) atoms. The minimum atomic E-state index is -1.48. The van der Waals surface area contributed by atoms with E-state index in [0.29, 0.717) is 59.2 Å². The van der Waals surface area contributed by atoms with Crippen LogP contribution in [0.3, 0.4) is 0 Å². The Morgan fingerprint density at radius 1 is 1.00 bits per heavy atom. The highest BCUT2D eigenvalue weighted by molar-refractivity contribution is 5.89. The van der Waals surface area contributed by atoms with E-state index in [1.807, 2.05) is 18.2 Å². The number of carbonyl (C=O) groups excluding carboxylic acids is 3. The molecule has 10 nitrogen and oxygen atoms in total. The molecule has 268 valence electrons. The summed E-state index contributed by atoms with van der Waals surface area (Å²) in [5.41, 5.74) is 1.91. The van der Waals surface area contributed by atoms with Gasteiger partial charge in [-0.25, -0.2) is 4.79 Å². The number of rotatable bonds is 6. The molecule has 0 aromatic heterocycles. The van der Waals surface area contributed by atoms with Gasteiger partial charge in [0.25, 0.3) is 0 Å². The van der Waals surface area contributed by atoms with Crippen LogP contribution in [0.25, 0.3) is 0 Å². The van der Waals surface area contributed by atoms with Gasteiger partial charge in [-0.3, -0.25) is 9.59 Å². The number of Topliss-reactive ketones (excluding diaryl/α,β-unsaturated/α-hetero) is 1. The molecule has 0 radical (unpaired) electrons. The van der Waals surface area contributed by atoms with Crippen molar-refractivity contribution >= 4 is 23.4 Å². The number of aliphatic hydroxyl groups excluding tert-OH is 2. The summed E-state index contributed by atoms with van der Waals surface area (Å²) in [5.74, 6) is 4.21. The fraction of sp³-hybridized carbons (Fsp3) is 0.488. The molecule has 9 unspecified atom stereocenters. The molecule has 2 aromatic rings. The molecule has 7 rings (SSSR count). The smallest absolute Gasteiger partial charge is 0.334 e. The number of esters is 2. The molecule has 5 N–H and O–H groups in total. The number of carbonyl (C=O) groups is 3. The van der Waals surface area contributed by atoms with Crippen molar-refractivity contribution in [2.24, 2.45) is 23.7 Å². The number of fused-ring (bicyclic) bond motifs is 1. The van der Waals surface area contributed by atoms with E-state index in [9.17, 15) is 34.8 Å². The first-order valence-corrected chi connectivity index (χ1v) is 18.0. The number of aliphatic hydroxyl groups is 3. The summed E-state index contributed by atoms with van der Waals surface area (Å²) in [5, 5.41) is 47.3. The number of hydrogen-bond donors (Lipinski definition) is 5. The molecule has 5 aliphatic rings. The third-order valence-corrected chi connectivity index (χ3v) is 11.5. The first-order valence-electron chi connectivity index (χ1n) is 18.0. The number of benzene rings is 2. The zero-order valence-corrected chi connectivity index (χ0v) is 28.9. The van der Waals surface area contributed by atoms with Crippen LogP contribution in [0.1, 0.15) is 86.5 Å². The van der Waals surface area contributed by atoms with Crippen LogP contribution < -0.4 is 10.1 Å². The fourth-order valence-electron chi connectivity index (χ4n) is 9.03. The highest BCUT2D eigenvalue weighted by Crippen LogP contribution is 2.56. The van der Waals surface area contributed by atoms with Gasteiger partial charge in [-0.1, -0.05) is 36.1 Å². The molecule has 0 spiro atoms. The maximum absolute atomic E-state index is 14.3. The van der Waals surface area contributed by atoms with Gasteiger partial charge in [-0.15, -0.1) is 0 Å². The number of phenols is 1.